The van der Waals surface area contributed by atoms with Gasteiger partial charge in [0.2, 0.25) is 10.0 Å². The summed E-state index contributed by atoms with van der Waals surface area (Å²) in [6.45, 7) is 5.13. The largest absolute Gasteiger partial charge is 0.399 e. The SMILES string of the molecule is CCC(CO)NS(=O)(=O)c1cc(N)cc(C)c1C. The van der Waals surface area contributed by atoms with E-state index in [-0.39, 0.29) is 11.5 Å². The highest BCUT2D eigenvalue weighted by molar-refractivity contribution is 7.89. The quantitative estimate of drug-likeness (QED) is 0.695. The van der Waals surface area contributed by atoms with Crippen LogP contribution in [0.5, 0.6) is 0 Å². The average Bonchev–Trinajstić information content (AvgIpc) is 2.30. The minimum Gasteiger partial charge on any atom is -0.399 e. The molecular weight excluding hydrogens is 252 g/mol. The van der Waals surface area contributed by atoms with E-state index >= 15 is 0 Å². The van der Waals surface area contributed by atoms with E-state index in [2.05, 4.69) is 4.72 Å². The van der Waals surface area contributed by atoms with E-state index in [0.717, 1.165) is 5.56 Å². The number of aliphatic hydroxyl groups is 1. The molecule has 5 nitrogen and oxygen atoms in total. The second-order valence-electron chi connectivity index (χ2n) is 4.37. The second kappa shape index (κ2) is 5.69. The molecule has 18 heavy (non-hydrogen) atoms. The fraction of sp³-hybridized carbons (Fsp3) is 0.500. The van der Waals surface area contributed by atoms with Gasteiger partial charge in [0, 0.05) is 11.7 Å². The smallest absolute Gasteiger partial charge is 0.241 e. The molecule has 0 bridgehead atoms. The van der Waals surface area contributed by atoms with Gasteiger partial charge in [0.15, 0.2) is 0 Å². The minimum atomic E-state index is -3.65. The van der Waals surface area contributed by atoms with Crippen LogP contribution in [0.4, 0.5) is 5.69 Å². The third-order valence-corrected chi connectivity index (χ3v) is 4.61. The molecule has 0 saturated heterocycles. The number of sulfonamides is 1. The molecule has 1 rings (SSSR count). The van der Waals surface area contributed by atoms with Gasteiger partial charge in [-0.2, -0.15) is 0 Å². The van der Waals surface area contributed by atoms with E-state index in [1.165, 1.54) is 6.07 Å². The van der Waals surface area contributed by atoms with Crippen LogP contribution >= 0.6 is 0 Å². The summed E-state index contributed by atoms with van der Waals surface area (Å²) in [5.41, 5.74) is 7.59. The number of hydrogen-bond acceptors (Lipinski definition) is 4. The number of aliphatic hydroxyl groups excluding tert-OH is 1. The zero-order valence-electron chi connectivity index (χ0n) is 10.9. The second-order valence-corrected chi connectivity index (χ2v) is 6.05. The van der Waals surface area contributed by atoms with Crippen molar-refractivity contribution < 1.29 is 13.5 Å². The third kappa shape index (κ3) is 3.22. The van der Waals surface area contributed by atoms with Crippen LogP contribution in [0, 0.1) is 13.8 Å². The molecule has 1 atom stereocenters. The molecule has 0 saturated carbocycles. The molecule has 4 N–H and O–H groups in total. The maximum Gasteiger partial charge on any atom is 0.241 e. The Morgan fingerprint density at radius 1 is 1.39 bits per heavy atom. The van der Waals surface area contributed by atoms with Gasteiger partial charge >= 0.3 is 0 Å². The van der Waals surface area contributed by atoms with Crippen LogP contribution in [0.1, 0.15) is 24.5 Å². The molecule has 0 radical (unpaired) electrons. The van der Waals surface area contributed by atoms with Crippen molar-refractivity contribution in [1.29, 1.82) is 0 Å². The molecule has 0 amide bonds. The van der Waals surface area contributed by atoms with E-state index in [1.807, 2.05) is 6.92 Å². The predicted molar refractivity (Wildman–Crippen MR) is 71.8 cm³/mol. The molecule has 102 valence electrons. The van der Waals surface area contributed by atoms with Crippen molar-refractivity contribution in [2.75, 3.05) is 12.3 Å². The van der Waals surface area contributed by atoms with Crippen LogP contribution < -0.4 is 10.5 Å². The highest BCUT2D eigenvalue weighted by Gasteiger charge is 2.21. The van der Waals surface area contributed by atoms with Gasteiger partial charge in [-0.3, -0.25) is 0 Å². The Bertz CT molecular complexity index is 522. The number of nitrogens with two attached hydrogens (primary N) is 1. The monoisotopic (exact) mass is 272 g/mol. The van der Waals surface area contributed by atoms with Gasteiger partial charge in [-0.15, -0.1) is 0 Å². The van der Waals surface area contributed by atoms with E-state index in [4.69, 9.17) is 10.8 Å². The van der Waals surface area contributed by atoms with Crippen molar-refractivity contribution in [2.24, 2.45) is 0 Å². The van der Waals surface area contributed by atoms with Crippen LogP contribution in [0.2, 0.25) is 0 Å². The first-order chi connectivity index (χ1) is 8.31. The highest BCUT2D eigenvalue weighted by Crippen LogP contribution is 2.22. The molecule has 0 spiro atoms. The van der Waals surface area contributed by atoms with Crippen molar-refractivity contribution in [2.45, 2.75) is 38.1 Å². The van der Waals surface area contributed by atoms with E-state index in [1.54, 1.807) is 19.9 Å². The summed E-state index contributed by atoms with van der Waals surface area (Å²) in [6.07, 6.45) is 0.524. The summed E-state index contributed by atoms with van der Waals surface area (Å²) in [5, 5.41) is 9.06. The lowest BCUT2D eigenvalue weighted by atomic mass is 10.1. The molecular formula is C12H20N2O3S. The normalized spacial score (nSPS) is 13.6. The van der Waals surface area contributed by atoms with Gasteiger partial charge in [0.1, 0.15) is 0 Å². The van der Waals surface area contributed by atoms with Crippen molar-refractivity contribution in [3.05, 3.63) is 23.3 Å². The first-order valence-electron chi connectivity index (χ1n) is 5.81. The molecule has 6 heteroatoms. The highest BCUT2D eigenvalue weighted by atomic mass is 32.2. The number of aryl methyl sites for hydroxylation is 1. The first-order valence-corrected chi connectivity index (χ1v) is 7.30. The lowest BCUT2D eigenvalue weighted by Gasteiger charge is -2.17. The van der Waals surface area contributed by atoms with Gasteiger partial charge in [-0.25, -0.2) is 13.1 Å². The van der Waals surface area contributed by atoms with Gasteiger partial charge in [-0.1, -0.05) is 6.92 Å². The molecule has 0 aliphatic rings. The maximum absolute atomic E-state index is 12.2. The van der Waals surface area contributed by atoms with Crippen LogP contribution in [0.15, 0.2) is 17.0 Å². The van der Waals surface area contributed by atoms with Crippen molar-refractivity contribution in [1.82, 2.24) is 4.72 Å². The van der Waals surface area contributed by atoms with Gasteiger partial charge < -0.3 is 10.8 Å². The van der Waals surface area contributed by atoms with E-state index in [9.17, 15) is 8.42 Å². The number of benzene rings is 1. The molecule has 0 fully saturated rings. The lowest BCUT2D eigenvalue weighted by Crippen LogP contribution is -2.37. The number of hydrogen-bond donors (Lipinski definition) is 3. The molecule has 1 aromatic rings. The van der Waals surface area contributed by atoms with Gasteiger partial charge in [-0.05, 0) is 43.5 Å². The van der Waals surface area contributed by atoms with Gasteiger partial charge in [0.05, 0.1) is 11.5 Å². The number of anilines is 1. The average molecular weight is 272 g/mol. The molecule has 0 aromatic heterocycles. The van der Waals surface area contributed by atoms with Crippen molar-refractivity contribution in [3.8, 4) is 0 Å². The number of nitrogen functional groups attached to an aromatic ring is 1. The van der Waals surface area contributed by atoms with Crippen LogP contribution in [-0.2, 0) is 10.0 Å². The van der Waals surface area contributed by atoms with Gasteiger partial charge in [0.25, 0.3) is 0 Å². The Morgan fingerprint density at radius 3 is 2.50 bits per heavy atom. The minimum absolute atomic E-state index is 0.173. The standard InChI is InChI=1S/C12H20N2O3S/c1-4-11(7-15)14-18(16,17)12-6-10(13)5-8(2)9(12)3/h5-6,11,14-15H,4,7,13H2,1-3H3. The number of nitrogens with one attached hydrogen (secondary N) is 1. The molecule has 0 aliphatic heterocycles. The fourth-order valence-corrected chi connectivity index (χ4v) is 3.33. The zero-order chi connectivity index (χ0) is 13.9. The summed E-state index contributed by atoms with van der Waals surface area (Å²) in [7, 11) is -3.65. The van der Waals surface area contributed by atoms with Crippen LogP contribution in [-0.4, -0.2) is 26.2 Å². The summed E-state index contributed by atoms with van der Waals surface area (Å²) < 4.78 is 26.9. The Hall–Kier alpha value is -1.11. The molecule has 0 heterocycles. The zero-order valence-corrected chi connectivity index (χ0v) is 11.7. The Morgan fingerprint density at radius 2 is 2.00 bits per heavy atom. The summed E-state index contributed by atoms with van der Waals surface area (Å²) >= 11 is 0. The van der Waals surface area contributed by atoms with E-state index < -0.39 is 16.1 Å². The Kier molecular flexibility index (Phi) is 4.72. The topological polar surface area (TPSA) is 92.4 Å². The molecule has 1 unspecified atom stereocenters. The van der Waals surface area contributed by atoms with Crippen molar-refractivity contribution >= 4 is 15.7 Å². The van der Waals surface area contributed by atoms with Crippen molar-refractivity contribution in [3.63, 3.8) is 0 Å². The third-order valence-electron chi connectivity index (χ3n) is 2.97. The summed E-state index contributed by atoms with van der Waals surface area (Å²) in [6, 6.07) is 2.70. The summed E-state index contributed by atoms with van der Waals surface area (Å²) in [5.74, 6) is 0. The van der Waals surface area contributed by atoms with Crippen LogP contribution in [0.3, 0.4) is 0 Å². The fourth-order valence-electron chi connectivity index (χ4n) is 1.67. The Balaban J connectivity index is 3.20. The molecule has 0 aliphatic carbocycles. The lowest BCUT2D eigenvalue weighted by molar-refractivity contribution is 0.254. The van der Waals surface area contributed by atoms with E-state index in [0.29, 0.717) is 17.7 Å². The number of rotatable bonds is 5. The van der Waals surface area contributed by atoms with Crippen LogP contribution in [0.25, 0.3) is 0 Å². The maximum atomic E-state index is 12.2. The summed E-state index contributed by atoms with van der Waals surface area (Å²) in [4.78, 5) is 0.173. The molecule has 1 aromatic carbocycles. The Labute approximate surface area is 108 Å². The predicted octanol–water partition coefficient (Wildman–Crippen LogP) is 0.935. The first kappa shape index (κ1) is 14.9.